The first kappa shape index (κ1) is 14.7. The number of benzene rings is 1. The highest BCUT2D eigenvalue weighted by Gasteiger charge is 2.12. The molecular formula is C12H14BrNO4. The van der Waals surface area contributed by atoms with Crippen LogP contribution in [0.5, 0.6) is 0 Å². The number of nitrogens with one attached hydrogen (secondary N) is 1. The summed E-state index contributed by atoms with van der Waals surface area (Å²) in [6.07, 6.45) is 0. The largest absolute Gasteiger partial charge is 0.480 e. The van der Waals surface area contributed by atoms with Gasteiger partial charge in [0.15, 0.2) is 0 Å². The molecule has 0 fully saturated rings. The number of aliphatic carboxylic acids is 1. The zero-order valence-corrected chi connectivity index (χ0v) is 11.4. The van der Waals surface area contributed by atoms with E-state index in [0.29, 0.717) is 0 Å². The highest BCUT2D eigenvalue weighted by atomic mass is 79.9. The van der Waals surface area contributed by atoms with Crippen molar-refractivity contribution in [2.24, 2.45) is 0 Å². The molecule has 1 aromatic rings. The van der Waals surface area contributed by atoms with Crippen LogP contribution in [0.1, 0.15) is 18.5 Å². The summed E-state index contributed by atoms with van der Waals surface area (Å²) in [5.74, 6) is -1.44. The molecule has 1 amide bonds. The zero-order chi connectivity index (χ0) is 13.5. The normalized spacial score (nSPS) is 11.9. The quantitative estimate of drug-likeness (QED) is 0.838. The molecule has 1 rings (SSSR count). The molecule has 5 nitrogen and oxygen atoms in total. The Morgan fingerprint density at radius 3 is 2.67 bits per heavy atom. The van der Waals surface area contributed by atoms with Crippen molar-refractivity contribution in [3.63, 3.8) is 0 Å². The van der Waals surface area contributed by atoms with Crippen molar-refractivity contribution in [1.82, 2.24) is 5.32 Å². The fraction of sp³-hybridized carbons (Fsp3) is 0.333. The van der Waals surface area contributed by atoms with Gasteiger partial charge in [0.05, 0.1) is 6.04 Å². The van der Waals surface area contributed by atoms with E-state index in [9.17, 15) is 9.59 Å². The minimum absolute atomic E-state index is 0.179. The lowest BCUT2D eigenvalue weighted by Crippen LogP contribution is -2.31. The zero-order valence-electron chi connectivity index (χ0n) is 9.85. The molecule has 6 heteroatoms. The summed E-state index contributed by atoms with van der Waals surface area (Å²) in [4.78, 5) is 21.7. The van der Waals surface area contributed by atoms with Crippen molar-refractivity contribution in [2.45, 2.75) is 13.0 Å². The molecule has 1 atom stereocenters. The molecule has 0 aliphatic rings. The lowest BCUT2D eigenvalue weighted by molar-refractivity contribution is -0.143. The van der Waals surface area contributed by atoms with Gasteiger partial charge in [0.2, 0.25) is 5.91 Å². The fourth-order valence-corrected chi connectivity index (χ4v) is 2.05. The van der Waals surface area contributed by atoms with Crippen LogP contribution in [0.3, 0.4) is 0 Å². The van der Waals surface area contributed by atoms with Crippen LogP contribution in [0.4, 0.5) is 0 Å². The topological polar surface area (TPSA) is 75.6 Å². The summed E-state index contributed by atoms with van der Waals surface area (Å²) in [5.41, 5.74) is 0.948. The van der Waals surface area contributed by atoms with E-state index in [-0.39, 0.29) is 18.6 Å². The third-order valence-electron chi connectivity index (χ3n) is 2.21. The van der Waals surface area contributed by atoms with E-state index in [1.54, 1.807) is 0 Å². The molecule has 2 N–H and O–H groups in total. The molecule has 0 aliphatic carbocycles. The highest BCUT2D eigenvalue weighted by Crippen LogP contribution is 2.22. The van der Waals surface area contributed by atoms with Gasteiger partial charge in [0.1, 0.15) is 13.2 Å². The minimum atomic E-state index is -1.10. The molecule has 0 heterocycles. The third-order valence-corrected chi connectivity index (χ3v) is 2.93. The van der Waals surface area contributed by atoms with Crippen molar-refractivity contribution in [3.8, 4) is 0 Å². The smallest absolute Gasteiger partial charge is 0.329 e. The number of hydrogen-bond donors (Lipinski definition) is 2. The monoisotopic (exact) mass is 315 g/mol. The highest BCUT2D eigenvalue weighted by molar-refractivity contribution is 9.10. The SMILES string of the molecule is CC(NC(=O)COCC(=O)O)c1ccccc1Br. The molecule has 0 saturated heterocycles. The van der Waals surface area contributed by atoms with Crippen LogP contribution in [0, 0.1) is 0 Å². The third kappa shape index (κ3) is 4.85. The summed E-state index contributed by atoms with van der Waals surface area (Å²) >= 11 is 3.40. The number of ether oxygens (including phenoxy) is 1. The number of carboxylic acids is 1. The van der Waals surface area contributed by atoms with E-state index < -0.39 is 12.6 Å². The van der Waals surface area contributed by atoms with Crippen LogP contribution in [0.25, 0.3) is 0 Å². The van der Waals surface area contributed by atoms with Gasteiger partial charge < -0.3 is 15.2 Å². The number of carboxylic acid groups (broad SMARTS) is 1. The molecule has 98 valence electrons. The number of carbonyl (C=O) groups is 2. The Morgan fingerprint density at radius 2 is 2.06 bits per heavy atom. The number of carbonyl (C=O) groups excluding carboxylic acids is 1. The molecule has 0 radical (unpaired) electrons. The number of amides is 1. The maximum atomic E-state index is 11.5. The minimum Gasteiger partial charge on any atom is -0.480 e. The van der Waals surface area contributed by atoms with E-state index in [0.717, 1.165) is 10.0 Å². The maximum Gasteiger partial charge on any atom is 0.329 e. The van der Waals surface area contributed by atoms with Crippen LogP contribution < -0.4 is 5.32 Å². The van der Waals surface area contributed by atoms with Gasteiger partial charge in [0.25, 0.3) is 0 Å². The predicted molar refractivity (Wildman–Crippen MR) is 69.2 cm³/mol. The van der Waals surface area contributed by atoms with E-state index >= 15 is 0 Å². The Hall–Kier alpha value is -1.40. The van der Waals surface area contributed by atoms with Gasteiger partial charge in [-0.1, -0.05) is 34.1 Å². The fourth-order valence-electron chi connectivity index (χ4n) is 1.42. The average molecular weight is 316 g/mol. The Labute approximate surface area is 113 Å². The van der Waals surface area contributed by atoms with E-state index in [1.807, 2.05) is 31.2 Å². The lowest BCUT2D eigenvalue weighted by atomic mass is 10.1. The van der Waals surface area contributed by atoms with E-state index in [1.165, 1.54) is 0 Å². The Kier molecular flexibility index (Phi) is 5.80. The second kappa shape index (κ2) is 7.13. The summed E-state index contributed by atoms with van der Waals surface area (Å²) in [7, 11) is 0. The van der Waals surface area contributed by atoms with Gasteiger partial charge >= 0.3 is 5.97 Å². The maximum absolute atomic E-state index is 11.5. The van der Waals surface area contributed by atoms with Gasteiger partial charge in [-0.05, 0) is 18.6 Å². The first-order chi connectivity index (χ1) is 8.50. The Morgan fingerprint density at radius 1 is 1.39 bits per heavy atom. The molecule has 18 heavy (non-hydrogen) atoms. The first-order valence-electron chi connectivity index (χ1n) is 5.34. The van der Waals surface area contributed by atoms with Crippen molar-refractivity contribution in [1.29, 1.82) is 0 Å². The standard InChI is InChI=1S/C12H14BrNO4/c1-8(9-4-2-3-5-10(9)13)14-11(15)6-18-7-12(16)17/h2-5,8H,6-7H2,1H3,(H,14,15)(H,16,17). The number of hydrogen-bond acceptors (Lipinski definition) is 3. The summed E-state index contributed by atoms with van der Waals surface area (Å²) in [6.45, 7) is 1.10. The van der Waals surface area contributed by atoms with Crippen LogP contribution in [-0.4, -0.2) is 30.2 Å². The van der Waals surface area contributed by atoms with E-state index in [2.05, 4.69) is 21.2 Å². The van der Waals surface area contributed by atoms with Crippen LogP contribution in [-0.2, 0) is 14.3 Å². The molecule has 1 unspecified atom stereocenters. The molecular weight excluding hydrogens is 302 g/mol. The second-order valence-electron chi connectivity index (χ2n) is 3.70. The van der Waals surface area contributed by atoms with Crippen LogP contribution in [0.2, 0.25) is 0 Å². The van der Waals surface area contributed by atoms with Gasteiger partial charge in [-0.25, -0.2) is 4.79 Å². The molecule has 0 saturated carbocycles. The van der Waals surface area contributed by atoms with Crippen molar-refractivity contribution in [2.75, 3.05) is 13.2 Å². The van der Waals surface area contributed by atoms with Crippen molar-refractivity contribution >= 4 is 27.8 Å². The number of halogens is 1. The Bertz CT molecular complexity index is 436. The van der Waals surface area contributed by atoms with Gasteiger partial charge in [-0.3, -0.25) is 4.79 Å². The van der Waals surface area contributed by atoms with E-state index in [4.69, 9.17) is 9.84 Å². The second-order valence-corrected chi connectivity index (χ2v) is 4.55. The predicted octanol–water partition coefficient (Wildman–Crippen LogP) is 1.73. The summed E-state index contributed by atoms with van der Waals surface area (Å²) in [6, 6.07) is 7.37. The molecule has 0 aromatic heterocycles. The molecule has 0 spiro atoms. The van der Waals surface area contributed by atoms with Crippen LogP contribution >= 0.6 is 15.9 Å². The number of rotatable bonds is 6. The van der Waals surface area contributed by atoms with Crippen molar-refractivity contribution in [3.05, 3.63) is 34.3 Å². The van der Waals surface area contributed by atoms with Crippen molar-refractivity contribution < 1.29 is 19.4 Å². The van der Waals surface area contributed by atoms with Gasteiger partial charge in [-0.15, -0.1) is 0 Å². The van der Waals surface area contributed by atoms with Gasteiger partial charge in [0, 0.05) is 4.47 Å². The average Bonchev–Trinajstić information content (AvgIpc) is 2.28. The molecule has 0 bridgehead atoms. The molecule has 0 aliphatic heterocycles. The lowest BCUT2D eigenvalue weighted by Gasteiger charge is -2.15. The first-order valence-corrected chi connectivity index (χ1v) is 6.13. The summed E-state index contributed by atoms with van der Waals surface area (Å²) < 4.78 is 5.61. The molecule has 1 aromatic carbocycles. The van der Waals surface area contributed by atoms with Gasteiger partial charge in [-0.2, -0.15) is 0 Å². The Balaban J connectivity index is 2.45. The van der Waals surface area contributed by atoms with Crippen LogP contribution in [0.15, 0.2) is 28.7 Å². The summed E-state index contributed by atoms with van der Waals surface area (Å²) in [5, 5.41) is 11.1.